The van der Waals surface area contributed by atoms with Crippen molar-refractivity contribution in [2.75, 3.05) is 7.05 Å². The third-order valence-corrected chi connectivity index (χ3v) is 3.59. The molecule has 0 aromatic rings. The van der Waals surface area contributed by atoms with Gasteiger partial charge in [-0.15, -0.1) is 0 Å². The van der Waals surface area contributed by atoms with E-state index in [2.05, 4.69) is 28.0 Å². The van der Waals surface area contributed by atoms with E-state index < -0.39 is 11.6 Å². The predicted molar refractivity (Wildman–Crippen MR) is 80.4 cm³/mol. The number of carbonyl (C=O) groups is 2. The summed E-state index contributed by atoms with van der Waals surface area (Å²) in [6, 6.07) is -0.00677. The van der Waals surface area contributed by atoms with E-state index in [0.717, 1.165) is 25.7 Å². The van der Waals surface area contributed by atoms with Gasteiger partial charge in [-0.05, 0) is 26.7 Å². The first-order valence-corrected chi connectivity index (χ1v) is 7.28. The maximum absolute atomic E-state index is 12.0. The molecule has 0 aromatic carbocycles. The van der Waals surface area contributed by atoms with Crippen LogP contribution in [0.25, 0.3) is 0 Å². The highest BCUT2D eigenvalue weighted by Gasteiger charge is 2.26. The maximum atomic E-state index is 12.0. The van der Waals surface area contributed by atoms with Crippen LogP contribution in [0.3, 0.4) is 0 Å². The molecule has 4 N–H and O–H groups in total. The van der Waals surface area contributed by atoms with Gasteiger partial charge in [0.2, 0.25) is 0 Å². The Morgan fingerprint density at radius 2 is 1.81 bits per heavy atom. The van der Waals surface area contributed by atoms with Crippen LogP contribution in [0.4, 0.5) is 9.59 Å². The fourth-order valence-corrected chi connectivity index (χ4v) is 2.11. The molecular formula is C14H26N4O3. The summed E-state index contributed by atoms with van der Waals surface area (Å²) in [5.41, 5.74) is 2.06. The summed E-state index contributed by atoms with van der Waals surface area (Å²) >= 11 is 0. The molecule has 0 radical (unpaired) electrons. The summed E-state index contributed by atoms with van der Waals surface area (Å²) in [6.45, 7) is 7.32. The minimum Gasteiger partial charge on any atom is -0.335 e. The highest BCUT2D eigenvalue weighted by Crippen LogP contribution is 2.17. The topological polar surface area (TPSA) is 91.5 Å². The molecule has 0 saturated heterocycles. The fraction of sp³-hybridized carbons (Fsp3) is 0.714. The minimum absolute atomic E-state index is 0.234. The summed E-state index contributed by atoms with van der Waals surface area (Å²) < 4.78 is 0. The van der Waals surface area contributed by atoms with Crippen LogP contribution >= 0.6 is 0 Å². The van der Waals surface area contributed by atoms with Crippen LogP contribution in [0, 0.1) is 0 Å². The van der Waals surface area contributed by atoms with Crippen LogP contribution in [0.5, 0.6) is 0 Å². The quantitative estimate of drug-likeness (QED) is 0.582. The Labute approximate surface area is 125 Å². The van der Waals surface area contributed by atoms with E-state index in [1.165, 1.54) is 13.5 Å². The third-order valence-electron chi connectivity index (χ3n) is 3.59. The van der Waals surface area contributed by atoms with E-state index in [1.807, 2.05) is 0 Å². The molecule has 1 aliphatic carbocycles. The Balaban J connectivity index is 2.40. The molecule has 0 spiro atoms. The van der Waals surface area contributed by atoms with Crippen molar-refractivity contribution in [1.82, 2.24) is 21.4 Å². The molecule has 1 aliphatic rings. The lowest BCUT2D eigenvalue weighted by Gasteiger charge is -2.30. The van der Waals surface area contributed by atoms with Crippen molar-refractivity contribution in [3.8, 4) is 0 Å². The molecule has 1 saturated carbocycles. The minimum atomic E-state index is -0.757. The number of rotatable bonds is 5. The molecule has 0 bridgehead atoms. The molecule has 0 heterocycles. The zero-order valence-electron chi connectivity index (χ0n) is 13.0. The summed E-state index contributed by atoms with van der Waals surface area (Å²) in [6.07, 6.45) is 4.96. The van der Waals surface area contributed by atoms with Gasteiger partial charge in [-0.25, -0.2) is 15.1 Å². The van der Waals surface area contributed by atoms with Crippen molar-refractivity contribution >= 4 is 12.1 Å². The summed E-state index contributed by atoms with van der Waals surface area (Å²) in [4.78, 5) is 27.7. The highest BCUT2D eigenvalue weighted by atomic mass is 16.7. The van der Waals surface area contributed by atoms with Crippen molar-refractivity contribution in [2.45, 2.75) is 57.5 Å². The third kappa shape index (κ3) is 5.93. The first-order chi connectivity index (χ1) is 9.85. The lowest BCUT2D eigenvalue weighted by atomic mass is 9.95. The Morgan fingerprint density at radius 1 is 1.19 bits per heavy atom. The van der Waals surface area contributed by atoms with Gasteiger partial charge in [0, 0.05) is 13.1 Å². The average Bonchev–Trinajstić information content (AvgIpc) is 2.44. The number of hydroxylamine groups is 1. The number of nitrogens with one attached hydrogen (secondary N) is 4. The van der Waals surface area contributed by atoms with Gasteiger partial charge in [-0.3, -0.25) is 0 Å². The fourth-order valence-electron chi connectivity index (χ4n) is 2.11. The van der Waals surface area contributed by atoms with E-state index in [1.54, 1.807) is 13.8 Å². The number of hydrogen-bond acceptors (Lipinski definition) is 4. The Morgan fingerprint density at radius 3 is 2.38 bits per heavy atom. The molecule has 0 aromatic heterocycles. The molecule has 1 fully saturated rings. The number of urea groups is 1. The van der Waals surface area contributed by atoms with Crippen LogP contribution in [0.15, 0.2) is 12.3 Å². The van der Waals surface area contributed by atoms with Crippen molar-refractivity contribution in [3.63, 3.8) is 0 Å². The van der Waals surface area contributed by atoms with Gasteiger partial charge in [0.15, 0.2) is 0 Å². The molecule has 0 aliphatic heterocycles. The van der Waals surface area contributed by atoms with Crippen molar-refractivity contribution < 1.29 is 14.4 Å². The zero-order valence-corrected chi connectivity index (χ0v) is 13.0. The molecule has 21 heavy (non-hydrogen) atoms. The molecule has 7 heteroatoms. The highest BCUT2D eigenvalue weighted by molar-refractivity contribution is 5.75. The second-order valence-corrected chi connectivity index (χ2v) is 5.78. The van der Waals surface area contributed by atoms with Gasteiger partial charge in [-0.1, -0.05) is 25.8 Å². The second-order valence-electron chi connectivity index (χ2n) is 5.78. The van der Waals surface area contributed by atoms with Crippen molar-refractivity contribution in [2.24, 2.45) is 0 Å². The van der Waals surface area contributed by atoms with Crippen LogP contribution in [-0.4, -0.2) is 30.8 Å². The number of amides is 3. The van der Waals surface area contributed by atoms with E-state index >= 15 is 0 Å². The molecule has 7 nitrogen and oxygen atoms in total. The van der Waals surface area contributed by atoms with E-state index in [9.17, 15) is 9.59 Å². The first-order valence-electron chi connectivity index (χ1n) is 7.28. The van der Waals surface area contributed by atoms with Crippen LogP contribution in [0.2, 0.25) is 0 Å². The molecule has 1 rings (SSSR count). The van der Waals surface area contributed by atoms with Gasteiger partial charge in [-0.2, -0.15) is 0 Å². The van der Waals surface area contributed by atoms with Gasteiger partial charge in [0.25, 0.3) is 0 Å². The Bertz CT molecular complexity index is 390. The van der Waals surface area contributed by atoms with Crippen LogP contribution in [-0.2, 0) is 4.84 Å². The van der Waals surface area contributed by atoms with Crippen LogP contribution < -0.4 is 21.4 Å². The SMILES string of the molecule is C=C(NOC(=O)NC)C(C)(C)NC(=O)NC1CCCCC1. The van der Waals surface area contributed by atoms with Gasteiger partial charge in [0.05, 0.1) is 11.2 Å². The van der Waals surface area contributed by atoms with E-state index in [-0.39, 0.29) is 12.1 Å². The molecule has 120 valence electrons. The molecular weight excluding hydrogens is 272 g/mol. The average molecular weight is 298 g/mol. The Hall–Kier alpha value is -1.92. The second kappa shape index (κ2) is 7.75. The van der Waals surface area contributed by atoms with Crippen LogP contribution in [0.1, 0.15) is 46.0 Å². The van der Waals surface area contributed by atoms with Crippen molar-refractivity contribution in [1.29, 1.82) is 0 Å². The summed E-state index contributed by atoms with van der Waals surface area (Å²) in [5.74, 6) is 0. The van der Waals surface area contributed by atoms with Crippen molar-refractivity contribution in [3.05, 3.63) is 12.3 Å². The largest absolute Gasteiger partial charge is 0.431 e. The first kappa shape index (κ1) is 17.1. The molecule has 0 atom stereocenters. The molecule has 3 amide bonds. The van der Waals surface area contributed by atoms with E-state index in [4.69, 9.17) is 4.84 Å². The summed E-state index contributed by atoms with van der Waals surface area (Å²) in [5, 5.41) is 8.09. The van der Waals surface area contributed by atoms with Gasteiger partial charge >= 0.3 is 12.1 Å². The van der Waals surface area contributed by atoms with E-state index in [0.29, 0.717) is 5.70 Å². The standard InChI is InChI=1S/C14H26N4O3/c1-10(18-21-13(20)15-4)14(2,3)17-12(19)16-11-8-6-5-7-9-11/h11,18H,1,5-9H2,2-4H3,(H,15,20)(H2,16,17,19). The monoisotopic (exact) mass is 298 g/mol. The Kier molecular flexibility index (Phi) is 6.33. The normalized spacial score (nSPS) is 15.8. The lowest BCUT2D eigenvalue weighted by molar-refractivity contribution is 0.0999. The lowest BCUT2D eigenvalue weighted by Crippen LogP contribution is -2.54. The molecule has 0 unspecified atom stereocenters. The maximum Gasteiger partial charge on any atom is 0.431 e. The predicted octanol–water partition coefficient (Wildman–Crippen LogP) is 1.77. The summed E-state index contributed by atoms with van der Waals surface area (Å²) in [7, 11) is 1.45. The smallest absolute Gasteiger partial charge is 0.335 e. The van der Waals surface area contributed by atoms with Gasteiger partial charge in [0.1, 0.15) is 0 Å². The number of carbonyl (C=O) groups excluding carboxylic acids is 2. The number of hydrogen-bond donors (Lipinski definition) is 4. The zero-order chi connectivity index (χ0) is 15.9. The van der Waals surface area contributed by atoms with Gasteiger partial charge < -0.3 is 20.8 Å².